The minimum absolute atomic E-state index is 0.130. The maximum Gasteiger partial charge on any atom is 0.236 e. The van der Waals surface area contributed by atoms with Crippen LogP contribution in [-0.4, -0.2) is 47.9 Å². The molecule has 2 heterocycles. The van der Waals surface area contributed by atoms with Crippen LogP contribution in [0.4, 0.5) is 0 Å². The first kappa shape index (κ1) is 15.5. The molecule has 0 aromatic carbocycles. The molecule has 112 valence electrons. The average molecular weight is 295 g/mol. The summed E-state index contributed by atoms with van der Waals surface area (Å²) in [5.74, 6) is 0.186. The van der Waals surface area contributed by atoms with E-state index < -0.39 is 0 Å². The zero-order valence-electron chi connectivity index (χ0n) is 12.4. The van der Waals surface area contributed by atoms with Crippen LogP contribution in [0.3, 0.4) is 0 Å². The van der Waals surface area contributed by atoms with E-state index in [1.165, 1.54) is 17.7 Å². The number of carbonyl (C=O) groups is 1. The fourth-order valence-corrected chi connectivity index (χ4v) is 3.58. The first-order valence-corrected chi connectivity index (χ1v) is 8.22. The summed E-state index contributed by atoms with van der Waals surface area (Å²) >= 11 is 1.69. The summed E-state index contributed by atoms with van der Waals surface area (Å²) in [4.78, 5) is 17.7. The second-order valence-electron chi connectivity index (χ2n) is 5.72. The van der Waals surface area contributed by atoms with Gasteiger partial charge in [0, 0.05) is 24.0 Å². The molecule has 2 unspecified atom stereocenters. The Kier molecular flexibility index (Phi) is 5.57. The Morgan fingerprint density at radius 3 is 3.05 bits per heavy atom. The van der Waals surface area contributed by atoms with E-state index in [4.69, 9.17) is 5.73 Å². The van der Waals surface area contributed by atoms with Crippen molar-refractivity contribution in [1.82, 2.24) is 9.80 Å². The Labute approximate surface area is 125 Å². The van der Waals surface area contributed by atoms with Crippen LogP contribution in [0.2, 0.25) is 0 Å². The number of carbonyl (C=O) groups excluding carboxylic acids is 1. The lowest BCUT2D eigenvalue weighted by Crippen LogP contribution is -2.52. The van der Waals surface area contributed by atoms with Crippen molar-refractivity contribution in [3.8, 4) is 0 Å². The van der Waals surface area contributed by atoms with Gasteiger partial charge in [0.15, 0.2) is 0 Å². The van der Waals surface area contributed by atoms with Gasteiger partial charge in [-0.05, 0) is 37.8 Å². The summed E-state index contributed by atoms with van der Waals surface area (Å²) < 4.78 is 0. The van der Waals surface area contributed by atoms with Crippen LogP contribution in [0.25, 0.3) is 0 Å². The predicted molar refractivity (Wildman–Crippen MR) is 83.7 cm³/mol. The first-order chi connectivity index (χ1) is 9.58. The quantitative estimate of drug-likeness (QED) is 0.903. The lowest BCUT2D eigenvalue weighted by atomic mass is 9.97. The van der Waals surface area contributed by atoms with Crippen LogP contribution in [0.5, 0.6) is 0 Å². The number of nitrogens with two attached hydrogens (primary N) is 1. The Bertz CT molecular complexity index is 419. The molecule has 1 aromatic rings. The number of hydrogen-bond donors (Lipinski definition) is 1. The van der Waals surface area contributed by atoms with E-state index in [9.17, 15) is 4.79 Å². The van der Waals surface area contributed by atoms with E-state index in [-0.39, 0.29) is 11.9 Å². The molecule has 4 nitrogen and oxygen atoms in total. The molecular formula is C15H25N3OS. The van der Waals surface area contributed by atoms with Crippen molar-refractivity contribution < 1.29 is 4.79 Å². The van der Waals surface area contributed by atoms with Crippen LogP contribution in [0.1, 0.15) is 31.1 Å². The monoisotopic (exact) mass is 295 g/mol. The van der Waals surface area contributed by atoms with Crippen molar-refractivity contribution >= 4 is 17.2 Å². The molecule has 1 aliphatic rings. The molecule has 0 spiro atoms. The van der Waals surface area contributed by atoms with Gasteiger partial charge < -0.3 is 10.6 Å². The third kappa shape index (κ3) is 4.04. The Hall–Kier alpha value is -0.910. The first-order valence-electron chi connectivity index (χ1n) is 7.34. The lowest BCUT2D eigenvalue weighted by molar-refractivity contribution is -0.132. The van der Waals surface area contributed by atoms with Gasteiger partial charge in [0.25, 0.3) is 0 Å². The molecule has 20 heavy (non-hydrogen) atoms. The largest absolute Gasteiger partial charge is 0.340 e. The summed E-state index contributed by atoms with van der Waals surface area (Å²) in [6.45, 7) is 4.23. The molecule has 0 saturated carbocycles. The Balaban J connectivity index is 1.88. The second-order valence-corrected chi connectivity index (χ2v) is 6.75. The summed E-state index contributed by atoms with van der Waals surface area (Å²) in [5.41, 5.74) is 6.05. The smallest absolute Gasteiger partial charge is 0.236 e. The molecular weight excluding hydrogens is 270 g/mol. The lowest BCUT2D eigenvalue weighted by Gasteiger charge is -2.38. The van der Waals surface area contributed by atoms with Crippen LogP contribution in [-0.2, 0) is 11.3 Å². The van der Waals surface area contributed by atoms with E-state index in [0.29, 0.717) is 19.1 Å². The van der Waals surface area contributed by atoms with Crippen LogP contribution in [0, 0.1) is 0 Å². The average Bonchev–Trinajstić information content (AvgIpc) is 2.91. The number of likely N-dealkylation sites (tertiary alicyclic amines) is 1. The molecule has 0 radical (unpaired) electrons. The van der Waals surface area contributed by atoms with Gasteiger partial charge in [0.1, 0.15) is 0 Å². The number of nitrogens with zero attached hydrogens (tertiary/aromatic N) is 2. The van der Waals surface area contributed by atoms with Crippen molar-refractivity contribution in [2.75, 3.05) is 20.1 Å². The van der Waals surface area contributed by atoms with E-state index >= 15 is 0 Å². The third-order valence-corrected chi connectivity index (χ3v) is 4.87. The van der Waals surface area contributed by atoms with Crippen molar-refractivity contribution in [2.24, 2.45) is 5.73 Å². The second kappa shape index (κ2) is 7.20. The van der Waals surface area contributed by atoms with Gasteiger partial charge in [-0.1, -0.05) is 12.5 Å². The highest BCUT2D eigenvalue weighted by Crippen LogP contribution is 2.19. The molecule has 2 rings (SSSR count). The number of piperidine rings is 1. The zero-order valence-corrected chi connectivity index (χ0v) is 13.2. The fraction of sp³-hybridized carbons (Fsp3) is 0.667. The van der Waals surface area contributed by atoms with Gasteiger partial charge in [-0.2, -0.15) is 0 Å². The van der Waals surface area contributed by atoms with Gasteiger partial charge in [-0.3, -0.25) is 9.69 Å². The maximum absolute atomic E-state index is 12.4. The van der Waals surface area contributed by atoms with Gasteiger partial charge in [0.05, 0.1) is 13.1 Å². The van der Waals surface area contributed by atoms with Crippen molar-refractivity contribution in [1.29, 1.82) is 0 Å². The maximum atomic E-state index is 12.4. The molecule has 2 N–H and O–H groups in total. The van der Waals surface area contributed by atoms with Crippen molar-refractivity contribution in [3.63, 3.8) is 0 Å². The minimum atomic E-state index is 0.130. The molecule has 1 aromatic heterocycles. The van der Waals surface area contributed by atoms with Crippen molar-refractivity contribution in [2.45, 2.75) is 44.8 Å². The van der Waals surface area contributed by atoms with Crippen LogP contribution in [0.15, 0.2) is 17.5 Å². The Morgan fingerprint density at radius 1 is 1.60 bits per heavy atom. The van der Waals surface area contributed by atoms with Gasteiger partial charge in [-0.25, -0.2) is 0 Å². The molecule has 1 saturated heterocycles. The molecule has 0 aliphatic carbocycles. The van der Waals surface area contributed by atoms with Gasteiger partial charge in [-0.15, -0.1) is 11.3 Å². The standard InChI is InChI=1S/C15H25N3OS/c1-12(16)14-7-3-4-8-18(14)11-15(19)17(2)10-13-6-5-9-20-13/h5-6,9,12,14H,3-4,7-8,10-11,16H2,1-2H3. The highest BCUT2D eigenvalue weighted by molar-refractivity contribution is 7.09. The molecule has 1 aliphatic heterocycles. The number of likely N-dealkylation sites (N-methyl/N-ethyl adjacent to an activating group) is 1. The number of thiophene rings is 1. The van der Waals surface area contributed by atoms with Gasteiger partial charge in [0.2, 0.25) is 5.91 Å². The highest BCUT2D eigenvalue weighted by atomic mass is 32.1. The van der Waals surface area contributed by atoms with Crippen molar-refractivity contribution in [3.05, 3.63) is 22.4 Å². The van der Waals surface area contributed by atoms with E-state index in [0.717, 1.165) is 13.0 Å². The van der Waals surface area contributed by atoms with Crippen LogP contribution >= 0.6 is 11.3 Å². The van der Waals surface area contributed by atoms with Crippen LogP contribution < -0.4 is 5.73 Å². The number of hydrogen-bond acceptors (Lipinski definition) is 4. The normalized spacial score (nSPS) is 21.6. The topological polar surface area (TPSA) is 49.6 Å². The summed E-state index contributed by atoms with van der Waals surface area (Å²) in [6.07, 6.45) is 3.51. The van der Waals surface area contributed by atoms with E-state index in [1.807, 2.05) is 30.3 Å². The zero-order chi connectivity index (χ0) is 14.5. The minimum Gasteiger partial charge on any atom is -0.340 e. The fourth-order valence-electron chi connectivity index (χ4n) is 2.83. The van der Waals surface area contributed by atoms with E-state index in [2.05, 4.69) is 11.0 Å². The molecule has 5 heteroatoms. The Morgan fingerprint density at radius 2 is 2.40 bits per heavy atom. The van der Waals surface area contributed by atoms with Gasteiger partial charge >= 0.3 is 0 Å². The molecule has 0 bridgehead atoms. The summed E-state index contributed by atoms with van der Waals surface area (Å²) in [5, 5.41) is 2.05. The highest BCUT2D eigenvalue weighted by Gasteiger charge is 2.27. The third-order valence-electron chi connectivity index (χ3n) is 4.01. The summed E-state index contributed by atoms with van der Waals surface area (Å²) in [7, 11) is 1.88. The molecule has 1 fully saturated rings. The SMILES string of the molecule is CC(N)C1CCCCN1CC(=O)N(C)Cc1cccs1. The number of rotatable bonds is 5. The molecule has 1 amide bonds. The molecule has 2 atom stereocenters. The summed E-state index contributed by atoms with van der Waals surface area (Å²) in [6, 6.07) is 4.57. The number of amides is 1. The predicted octanol–water partition coefficient (Wildman–Crippen LogP) is 1.91. The van der Waals surface area contributed by atoms with E-state index in [1.54, 1.807) is 11.3 Å².